The van der Waals surface area contributed by atoms with E-state index in [2.05, 4.69) is 25.6 Å². The molecule has 0 aliphatic carbocycles. The number of aryl methyl sites for hydroxylation is 1. The Bertz CT molecular complexity index is 765. The van der Waals surface area contributed by atoms with Crippen molar-refractivity contribution < 1.29 is 12.8 Å². The van der Waals surface area contributed by atoms with Gasteiger partial charge in [0.05, 0.1) is 11.9 Å². The Morgan fingerprint density at radius 1 is 1.30 bits per heavy atom. The van der Waals surface area contributed by atoms with Crippen LogP contribution in [0, 0.1) is 12.7 Å². The number of rotatable bonds is 3. The first kappa shape index (κ1) is 14.7. The molecule has 0 fully saturated rings. The molecular formula is C12H11BrFN3O2S. The molecule has 0 amide bonds. The van der Waals surface area contributed by atoms with Gasteiger partial charge in [0.15, 0.2) is 0 Å². The topological polar surface area (TPSA) is 85.1 Å². The molecule has 3 N–H and O–H groups in total. The second kappa shape index (κ2) is 5.37. The van der Waals surface area contributed by atoms with Crippen molar-refractivity contribution in [3.05, 3.63) is 46.4 Å². The van der Waals surface area contributed by atoms with Gasteiger partial charge in [-0.3, -0.25) is 9.71 Å². The summed E-state index contributed by atoms with van der Waals surface area (Å²) in [6, 6.07) is 3.66. The van der Waals surface area contributed by atoms with Crippen LogP contribution in [-0.2, 0) is 10.0 Å². The Kier molecular flexibility index (Phi) is 3.96. The maximum Gasteiger partial charge on any atom is 0.264 e. The first-order valence-electron chi connectivity index (χ1n) is 5.48. The van der Waals surface area contributed by atoms with Crippen LogP contribution in [0.15, 0.2) is 40.0 Å². The first-order chi connectivity index (χ1) is 9.29. The highest BCUT2D eigenvalue weighted by Gasteiger charge is 2.21. The third-order valence-electron chi connectivity index (χ3n) is 2.47. The van der Waals surface area contributed by atoms with Gasteiger partial charge in [-0.1, -0.05) is 0 Å². The molecule has 5 nitrogen and oxygen atoms in total. The van der Waals surface area contributed by atoms with Crippen LogP contribution in [0.1, 0.15) is 5.56 Å². The number of hydrogen-bond acceptors (Lipinski definition) is 4. The van der Waals surface area contributed by atoms with E-state index < -0.39 is 20.7 Å². The number of nitrogens with zero attached hydrogens (tertiary/aromatic N) is 1. The highest BCUT2D eigenvalue weighted by atomic mass is 79.9. The van der Waals surface area contributed by atoms with Gasteiger partial charge in [-0.05, 0) is 46.6 Å². The minimum Gasteiger partial charge on any atom is -0.398 e. The van der Waals surface area contributed by atoms with Gasteiger partial charge in [-0.25, -0.2) is 12.8 Å². The summed E-state index contributed by atoms with van der Waals surface area (Å²) in [5.41, 5.74) is 6.75. The highest BCUT2D eigenvalue weighted by molar-refractivity contribution is 9.10. The van der Waals surface area contributed by atoms with E-state index in [9.17, 15) is 12.8 Å². The van der Waals surface area contributed by atoms with Crippen molar-refractivity contribution in [2.45, 2.75) is 11.8 Å². The van der Waals surface area contributed by atoms with Gasteiger partial charge in [-0.15, -0.1) is 0 Å². The molecule has 0 spiro atoms. The van der Waals surface area contributed by atoms with Gasteiger partial charge in [0.2, 0.25) is 0 Å². The number of sulfonamides is 1. The minimum absolute atomic E-state index is 0.133. The standard InChI is InChI=1S/C12H11BrFN3O2S/c1-7-2-8(6-16-5-7)17-20(18,19)12-4-11(15)9(13)3-10(12)14/h2-6,17H,15H2,1H3. The predicted octanol–water partition coefficient (Wildman–Crippen LogP) is 2.67. The van der Waals surface area contributed by atoms with Crippen molar-refractivity contribution in [3.63, 3.8) is 0 Å². The summed E-state index contributed by atoms with van der Waals surface area (Å²) in [6.07, 6.45) is 2.92. The lowest BCUT2D eigenvalue weighted by atomic mass is 10.3. The second-order valence-corrected chi connectivity index (χ2v) is 6.67. The fourth-order valence-electron chi connectivity index (χ4n) is 1.57. The monoisotopic (exact) mass is 359 g/mol. The molecule has 106 valence electrons. The van der Waals surface area contributed by atoms with Crippen LogP contribution in [-0.4, -0.2) is 13.4 Å². The molecule has 1 aromatic heterocycles. The van der Waals surface area contributed by atoms with Crippen LogP contribution < -0.4 is 10.5 Å². The summed E-state index contributed by atoms with van der Waals surface area (Å²) in [7, 11) is -4.07. The number of hydrogen-bond donors (Lipinski definition) is 2. The lowest BCUT2D eigenvalue weighted by Gasteiger charge is -2.10. The highest BCUT2D eigenvalue weighted by Crippen LogP contribution is 2.27. The zero-order chi connectivity index (χ0) is 14.9. The van der Waals surface area contributed by atoms with Crippen LogP contribution in [0.2, 0.25) is 0 Å². The van der Waals surface area contributed by atoms with Gasteiger partial charge in [0.1, 0.15) is 10.7 Å². The van der Waals surface area contributed by atoms with Crippen LogP contribution in [0.3, 0.4) is 0 Å². The number of aromatic nitrogens is 1. The van der Waals surface area contributed by atoms with E-state index in [1.54, 1.807) is 19.2 Å². The van der Waals surface area contributed by atoms with Crippen molar-refractivity contribution in [1.82, 2.24) is 4.98 Å². The Labute approximate surface area is 124 Å². The van der Waals surface area contributed by atoms with Crippen molar-refractivity contribution in [1.29, 1.82) is 0 Å². The number of pyridine rings is 1. The molecule has 0 aliphatic rings. The molecule has 0 bridgehead atoms. The number of anilines is 2. The zero-order valence-corrected chi connectivity index (χ0v) is 12.8. The molecule has 1 aromatic carbocycles. The molecule has 0 aliphatic heterocycles. The maximum atomic E-state index is 13.8. The lowest BCUT2D eigenvalue weighted by Crippen LogP contribution is -2.15. The van der Waals surface area contributed by atoms with Crippen molar-refractivity contribution in [2.24, 2.45) is 0 Å². The summed E-state index contributed by atoms with van der Waals surface area (Å²) >= 11 is 3.03. The van der Waals surface area contributed by atoms with E-state index in [0.717, 1.165) is 17.7 Å². The fraction of sp³-hybridized carbons (Fsp3) is 0.0833. The van der Waals surface area contributed by atoms with Gasteiger partial charge in [-0.2, -0.15) is 0 Å². The average Bonchev–Trinajstić information content (AvgIpc) is 2.33. The largest absolute Gasteiger partial charge is 0.398 e. The molecule has 0 radical (unpaired) electrons. The molecule has 20 heavy (non-hydrogen) atoms. The Morgan fingerprint density at radius 2 is 2.00 bits per heavy atom. The SMILES string of the molecule is Cc1cncc(NS(=O)(=O)c2cc(N)c(Br)cc2F)c1. The zero-order valence-electron chi connectivity index (χ0n) is 10.4. The summed E-state index contributed by atoms with van der Waals surface area (Å²) < 4.78 is 40.6. The number of benzene rings is 1. The Morgan fingerprint density at radius 3 is 2.65 bits per heavy atom. The summed E-state index contributed by atoms with van der Waals surface area (Å²) in [5.74, 6) is -0.890. The van der Waals surface area contributed by atoms with Gasteiger partial charge >= 0.3 is 0 Å². The van der Waals surface area contributed by atoms with Gasteiger partial charge < -0.3 is 5.73 Å². The molecule has 2 rings (SSSR count). The van der Waals surface area contributed by atoms with Crippen LogP contribution in [0.5, 0.6) is 0 Å². The van der Waals surface area contributed by atoms with Gasteiger partial charge in [0, 0.05) is 16.4 Å². The smallest absolute Gasteiger partial charge is 0.264 e. The number of halogens is 2. The molecule has 8 heteroatoms. The van der Waals surface area contributed by atoms with Crippen LogP contribution in [0.4, 0.5) is 15.8 Å². The number of nitrogens with one attached hydrogen (secondary N) is 1. The molecule has 1 heterocycles. The minimum atomic E-state index is -4.07. The second-order valence-electron chi connectivity index (χ2n) is 4.16. The maximum absolute atomic E-state index is 13.8. The third kappa shape index (κ3) is 3.07. The molecule has 0 saturated carbocycles. The lowest BCUT2D eigenvalue weighted by molar-refractivity contribution is 0.570. The molecular weight excluding hydrogens is 349 g/mol. The predicted molar refractivity (Wildman–Crippen MR) is 78.3 cm³/mol. The van der Waals surface area contributed by atoms with Gasteiger partial charge in [0.25, 0.3) is 10.0 Å². The van der Waals surface area contributed by atoms with E-state index in [-0.39, 0.29) is 11.4 Å². The molecule has 0 saturated heterocycles. The normalized spacial score (nSPS) is 11.3. The van der Waals surface area contributed by atoms with E-state index >= 15 is 0 Å². The molecule has 2 aromatic rings. The quantitative estimate of drug-likeness (QED) is 0.825. The number of nitrogens with two attached hydrogens (primary N) is 1. The summed E-state index contributed by atoms with van der Waals surface area (Å²) in [5, 5.41) is 0. The Hall–Kier alpha value is -1.67. The average molecular weight is 360 g/mol. The summed E-state index contributed by atoms with van der Waals surface area (Å²) in [6.45, 7) is 1.77. The van der Waals surface area contributed by atoms with E-state index in [1.165, 1.54) is 6.20 Å². The first-order valence-corrected chi connectivity index (χ1v) is 7.76. The van der Waals surface area contributed by atoms with E-state index in [1.807, 2.05) is 0 Å². The van der Waals surface area contributed by atoms with E-state index in [0.29, 0.717) is 4.47 Å². The third-order valence-corrected chi connectivity index (χ3v) is 4.55. The summed E-state index contributed by atoms with van der Waals surface area (Å²) in [4.78, 5) is 3.35. The fourth-order valence-corrected chi connectivity index (χ4v) is 3.02. The number of nitrogen functional groups attached to an aromatic ring is 1. The van der Waals surface area contributed by atoms with Crippen LogP contribution >= 0.6 is 15.9 Å². The van der Waals surface area contributed by atoms with Crippen molar-refractivity contribution in [3.8, 4) is 0 Å². The van der Waals surface area contributed by atoms with Crippen molar-refractivity contribution in [2.75, 3.05) is 10.5 Å². The van der Waals surface area contributed by atoms with Crippen molar-refractivity contribution >= 4 is 37.3 Å². The molecule has 0 atom stereocenters. The van der Waals surface area contributed by atoms with E-state index in [4.69, 9.17) is 5.73 Å². The Balaban J connectivity index is 2.43. The molecule has 0 unspecified atom stereocenters. The van der Waals surface area contributed by atoms with Crippen LogP contribution in [0.25, 0.3) is 0 Å².